The van der Waals surface area contributed by atoms with E-state index in [0.717, 1.165) is 22.1 Å². The number of nitrogens with zero attached hydrogens (tertiary/aromatic N) is 1. The Morgan fingerprint density at radius 1 is 1.53 bits per heavy atom. The highest BCUT2D eigenvalue weighted by Crippen LogP contribution is 2.18. The van der Waals surface area contributed by atoms with E-state index >= 15 is 0 Å². The summed E-state index contributed by atoms with van der Waals surface area (Å²) in [6, 6.07) is 0.592. The molecule has 15 heavy (non-hydrogen) atoms. The Hall–Kier alpha value is -1.10. The van der Waals surface area contributed by atoms with Crippen LogP contribution in [0, 0.1) is 13.8 Å². The van der Waals surface area contributed by atoms with Crippen LogP contribution in [0.15, 0.2) is 4.52 Å². The van der Waals surface area contributed by atoms with Crippen molar-refractivity contribution in [3.05, 3.63) is 17.0 Å². The average molecular weight is 225 g/mol. The molecule has 1 fully saturated rings. The number of nitrogens with one attached hydrogen (secondary N) is 2. The zero-order valence-electron chi connectivity index (χ0n) is 8.96. The summed E-state index contributed by atoms with van der Waals surface area (Å²) in [6.07, 6.45) is 2.46. The van der Waals surface area contributed by atoms with Gasteiger partial charge in [0.25, 0.3) is 0 Å². The fraction of sp³-hybridized carbons (Fsp3) is 0.600. The van der Waals surface area contributed by atoms with Gasteiger partial charge in [-0.25, -0.2) is 0 Å². The van der Waals surface area contributed by atoms with E-state index in [9.17, 15) is 0 Å². The first-order valence-electron chi connectivity index (χ1n) is 5.13. The minimum Gasteiger partial charge on any atom is -0.361 e. The molecule has 2 N–H and O–H groups in total. The van der Waals surface area contributed by atoms with Crippen LogP contribution in [0.25, 0.3) is 0 Å². The maximum absolute atomic E-state index is 5.16. The highest BCUT2D eigenvalue weighted by Gasteiger charge is 2.21. The van der Waals surface area contributed by atoms with Crippen molar-refractivity contribution in [3.8, 4) is 0 Å². The second-order valence-electron chi connectivity index (χ2n) is 3.90. The molecule has 0 spiro atoms. The molecule has 1 heterocycles. The van der Waals surface area contributed by atoms with E-state index in [-0.39, 0.29) is 0 Å². The van der Waals surface area contributed by atoms with Crippen LogP contribution < -0.4 is 10.6 Å². The van der Waals surface area contributed by atoms with Crippen LogP contribution in [0.3, 0.4) is 0 Å². The van der Waals surface area contributed by atoms with E-state index in [1.54, 1.807) is 0 Å². The van der Waals surface area contributed by atoms with Crippen molar-refractivity contribution >= 4 is 17.3 Å². The fourth-order valence-electron chi connectivity index (χ4n) is 1.39. The van der Waals surface area contributed by atoms with Gasteiger partial charge in [-0.3, -0.25) is 0 Å². The molecule has 1 saturated carbocycles. The van der Waals surface area contributed by atoms with Gasteiger partial charge in [0.2, 0.25) is 0 Å². The summed E-state index contributed by atoms with van der Waals surface area (Å²) < 4.78 is 5.07. The summed E-state index contributed by atoms with van der Waals surface area (Å²) in [6.45, 7) is 4.53. The normalized spacial score (nSPS) is 15.1. The highest BCUT2D eigenvalue weighted by atomic mass is 32.1. The number of hydrogen-bond acceptors (Lipinski definition) is 3. The van der Waals surface area contributed by atoms with E-state index in [2.05, 4.69) is 15.8 Å². The van der Waals surface area contributed by atoms with Crippen LogP contribution >= 0.6 is 12.2 Å². The third kappa shape index (κ3) is 2.68. The van der Waals surface area contributed by atoms with E-state index in [1.165, 1.54) is 12.8 Å². The number of aryl methyl sites for hydroxylation is 2. The molecule has 0 atom stereocenters. The topological polar surface area (TPSA) is 50.1 Å². The lowest BCUT2D eigenvalue weighted by molar-refractivity contribution is 0.392. The zero-order valence-corrected chi connectivity index (χ0v) is 9.78. The van der Waals surface area contributed by atoms with E-state index < -0.39 is 0 Å². The SMILES string of the molecule is Cc1noc(C)c1CNC(=S)NC1CC1. The smallest absolute Gasteiger partial charge is 0.166 e. The second kappa shape index (κ2) is 4.18. The molecule has 0 bridgehead atoms. The van der Waals surface area contributed by atoms with Crippen LogP contribution in [-0.2, 0) is 6.54 Å². The predicted molar refractivity (Wildman–Crippen MR) is 61.6 cm³/mol. The van der Waals surface area contributed by atoms with Gasteiger partial charge in [0, 0.05) is 18.2 Å². The standard InChI is InChI=1S/C10H15N3OS/c1-6-9(7(2)14-13-6)5-11-10(15)12-8-3-4-8/h8H,3-5H2,1-2H3,(H2,11,12,15). The van der Waals surface area contributed by atoms with Crippen LogP contribution in [-0.4, -0.2) is 16.3 Å². The molecule has 2 rings (SSSR count). The van der Waals surface area contributed by atoms with Crippen LogP contribution in [0.5, 0.6) is 0 Å². The van der Waals surface area contributed by atoms with Gasteiger partial charge in [0.05, 0.1) is 5.69 Å². The molecule has 1 aliphatic carbocycles. The molecule has 0 aliphatic heterocycles. The molecule has 1 aromatic heterocycles. The monoisotopic (exact) mass is 225 g/mol. The summed E-state index contributed by atoms with van der Waals surface area (Å²) in [7, 11) is 0. The van der Waals surface area contributed by atoms with Gasteiger partial charge in [0.1, 0.15) is 5.76 Å². The summed E-state index contributed by atoms with van der Waals surface area (Å²) >= 11 is 5.16. The third-order valence-electron chi connectivity index (χ3n) is 2.52. The van der Waals surface area contributed by atoms with E-state index in [1.807, 2.05) is 13.8 Å². The van der Waals surface area contributed by atoms with Crippen molar-refractivity contribution in [2.45, 2.75) is 39.3 Å². The molecular weight excluding hydrogens is 210 g/mol. The lowest BCUT2D eigenvalue weighted by Crippen LogP contribution is -2.36. The Labute approximate surface area is 94.4 Å². The van der Waals surface area contributed by atoms with Crippen LogP contribution in [0.1, 0.15) is 29.9 Å². The minimum absolute atomic E-state index is 0.592. The summed E-state index contributed by atoms with van der Waals surface area (Å²) in [5.41, 5.74) is 2.02. The Balaban J connectivity index is 1.83. The first kappa shape index (κ1) is 10.4. The first-order chi connectivity index (χ1) is 7.16. The number of rotatable bonds is 3. The Bertz CT molecular complexity index is 351. The van der Waals surface area contributed by atoms with Crippen LogP contribution in [0.4, 0.5) is 0 Å². The number of aromatic nitrogens is 1. The van der Waals surface area contributed by atoms with Gasteiger partial charge in [-0.1, -0.05) is 5.16 Å². The van der Waals surface area contributed by atoms with Gasteiger partial charge >= 0.3 is 0 Å². The number of hydrogen-bond donors (Lipinski definition) is 2. The van der Waals surface area contributed by atoms with Crippen molar-refractivity contribution in [1.82, 2.24) is 15.8 Å². The van der Waals surface area contributed by atoms with Crippen molar-refractivity contribution in [2.24, 2.45) is 0 Å². The van der Waals surface area contributed by atoms with Gasteiger partial charge < -0.3 is 15.2 Å². The lowest BCUT2D eigenvalue weighted by Gasteiger charge is -2.08. The molecule has 0 amide bonds. The van der Waals surface area contributed by atoms with E-state index in [4.69, 9.17) is 16.7 Å². The molecule has 1 aliphatic rings. The molecule has 0 radical (unpaired) electrons. The van der Waals surface area contributed by atoms with Crippen molar-refractivity contribution in [3.63, 3.8) is 0 Å². The maximum atomic E-state index is 5.16. The first-order valence-corrected chi connectivity index (χ1v) is 5.53. The maximum Gasteiger partial charge on any atom is 0.166 e. The van der Waals surface area contributed by atoms with E-state index in [0.29, 0.717) is 12.6 Å². The Kier molecular flexibility index (Phi) is 2.90. The van der Waals surface area contributed by atoms with Crippen molar-refractivity contribution < 1.29 is 4.52 Å². The summed E-state index contributed by atoms with van der Waals surface area (Å²) in [4.78, 5) is 0. The van der Waals surface area contributed by atoms with Crippen molar-refractivity contribution in [1.29, 1.82) is 0 Å². The van der Waals surface area contributed by atoms with Gasteiger partial charge in [-0.15, -0.1) is 0 Å². The van der Waals surface area contributed by atoms with Crippen LogP contribution in [0.2, 0.25) is 0 Å². The predicted octanol–water partition coefficient (Wildman–Crippen LogP) is 1.42. The van der Waals surface area contributed by atoms with Gasteiger partial charge in [-0.05, 0) is 38.9 Å². The molecule has 4 nitrogen and oxygen atoms in total. The molecule has 0 aromatic carbocycles. The molecule has 82 valence electrons. The molecule has 0 saturated heterocycles. The fourth-order valence-corrected chi connectivity index (χ4v) is 1.63. The molecule has 1 aromatic rings. The minimum atomic E-state index is 0.592. The van der Waals surface area contributed by atoms with Gasteiger partial charge in [-0.2, -0.15) is 0 Å². The second-order valence-corrected chi connectivity index (χ2v) is 4.31. The Morgan fingerprint density at radius 3 is 2.80 bits per heavy atom. The van der Waals surface area contributed by atoms with Crippen molar-refractivity contribution in [2.75, 3.05) is 0 Å². The molecule has 0 unspecified atom stereocenters. The third-order valence-corrected chi connectivity index (χ3v) is 2.78. The number of thiocarbonyl (C=S) groups is 1. The Morgan fingerprint density at radius 2 is 2.27 bits per heavy atom. The summed E-state index contributed by atoms with van der Waals surface area (Å²) in [5, 5.41) is 11.0. The quantitative estimate of drug-likeness (QED) is 0.762. The zero-order chi connectivity index (χ0) is 10.8. The lowest BCUT2D eigenvalue weighted by atomic mass is 10.2. The highest BCUT2D eigenvalue weighted by molar-refractivity contribution is 7.80. The largest absolute Gasteiger partial charge is 0.361 e. The molecular formula is C10H15N3OS. The average Bonchev–Trinajstić information content (AvgIpc) is 2.93. The molecule has 5 heteroatoms. The summed E-state index contributed by atoms with van der Waals surface area (Å²) in [5.74, 6) is 0.856. The van der Waals surface area contributed by atoms with Gasteiger partial charge in [0.15, 0.2) is 5.11 Å².